The minimum atomic E-state index is -0.302. The summed E-state index contributed by atoms with van der Waals surface area (Å²) in [6.07, 6.45) is 2.37. The number of esters is 1. The van der Waals surface area contributed by atoms with Gasteiger partial charge in [-0.1, -0.05) is 30.3 Å². The van der Waals surface area contributed by atoms with Gasteiger partial charge in [-0.15, -0.1) is 0 Å². The van der Waals surface area contributed by atoms with Gasteiger partial charge in [0, 0.05) is 11.5 Å². The molecule has 0 spiro atoms. The van der Waals surface area contributed by atoms with Crippen molar-refractivity contribution < 1.29 is 9.53 Å². The zero-order valence-electron chi connectivity index (χ0n) is 14.0. The van der Waals surface area contributed by atoms with Crippen LogP contribution in [-0.2, 0) is 11.3 Å². The monoisotopic (exact) mass is 323 g/mol. The molecule has 1 N–H and O–H groups in total. The zero-order chi connectivity index (χ0) is 16.7. The summed E-state index contributed by atoms with van der Waals surface area (Å²) in [6.45, 7) is 4.88. The van der Waals surface area contributed by atoms with Gasteiger partial charge in [0.15, 0.2) is 0 Å². The Morgan fingerprint density at radius 3 is 2.75 bits per heavy atom. The molecule has 124 valence electrons. The molecule has 1 fully saturated rings. The molecule has 2 aromatic heterocycles. The van der Waals surface area contributed by atoms with E-state index in [-0.39, 0.29) is 5.97 Å². The van der Waals surface area contributed by atoms with Crippen LogP contribution < -0.4 is 0 Å². The average molecular weight is 323 g/mol. The van der Waals surface area contributed by atoms with Crippen LogP contribution in [0.3, 0.4) is 0 Å². The Morgan fingerprint density at radius 2 is 2.08 bits per heavy atom. The summed E-state index contributed by atoms with van der Waals surface area (Å²) in [7, 11) is 0. The van der Waals surface area contributed by atoms with Gasteiger partial charge in [-0.25, -0.2) is 4.79 Å². The first-order valence-corrected chi connectivity index (χ1v) is 8.49. The number of nitrogens with zero attached hydrogens (tertiary/aromatic N) is 2. The van der Waals surface area contributed by atoms with E-state index in [1.54, 1.807) is 0 Å². The number of aromatic nitrogens is 3. The summed E-state index contributed by atoms with van der Waals surface area (Å²) in [5.41, 5.74) is 5.73. The smallest absolute Gasteiger partial charge is 0.355 e. The molecule has 1 aliphatic carbocycles. The van der Waals surface area contributed by atoms with E-state index in [0.717, 1.165) is 23.1 Å². The van der Waals surface area contributed by atoms with Gasteiger partial charge in [0.05, 0.1) is 24.4 Å². The number of hydrogen-bond donors (Lipinski definition) is 1. The average Bonchev–Trinajstić information content (AvgIpc) is 3.28. The number of carbonyl (C=O) groups is 1. The molecule has 5 heteroatoms. The summed E-state index contributed by atoms with van der Waals surface area (Å²) in [4.78, 5) is 15.4. The predicted octanol–water partition coefficient (Wildman–Crippen LogP) is 3.78. The fourth-order valence-electron chi connectivity index (χ4n) is 3.25. The van der Waals surface area contributed by atoms with Crippen LogP contribution in [0.2, 0.25) is 0 Å². The Kier molecular flexibility index (Phi) is 3.63. The number of rotatable bonds is 5. The Morgan fingerprint density at radius 1 is 1.33 bits per heavy atom. The van der Waals surface area contributed by atoms with E-state index in [1.165, 1.54) is 24.1 Å². The number of carbonyl (C=O) groups excluding carboxylic acids is 1. The van der Waals surface area contributed by atoms with Crippen molar-refractivity contribution in [2.45, 2.75) is 39.2 Å². The Labute approximate surface area is 140 Å². The van der Waals surface area contributed by atoms with Gasteiger partial charge in [0.25, 0.3) is 0 Å². The van der Waals surface area contributed by atoms with Crippen LogP contribution in [0.4, 0.5) is 0 Å². The second-order valence-corrected chi connectivity index (χ2v) is 6.37. The first-order chi connectivity index (χ1) is 11.7. The number of nitrogens with one attached hydrogen (secondary N) is 1. The molecule has 0 unspecified atom stereocenters. The minimum absolute atomic E-state index is 0.302. The van der Waals surface area contributed by atoms with E-state index in [0.29, 0.717) is 18.2 Å². The van der Waals surface area contributed by atoms with E-state index >= 15 is 0 Å². The third-order valence-corrected chi connectivity index (χ3v) is 4.59. The molecule has 1 aliphatic rings. The molecule has 0 bridgehead atoms. The SMILES string of the molecule is CCOC(=O)c1[nH]c2c(C3CC3)n(Cc3ccccc3)nc2c1C. The predicted molar refractivity (Wildman–Crippen MR) is 92.3 cm³/mol. The third-order valence-electron chi connectivity index (χ3n) is 4.59. The van der Waals surface area contributed by atoms with Crippen molar-refractivity contribution in [3.05, 3.63) is 52.8 Å². The van der Waals surface area contributed by atoms with E-state index in [2.05, 4.69) is 21.8 Å². The summed E-state index contributed by atoms with van der Waals surface area (Å²) in [6, 6.07) is 10.3. The zero-order valence-corrected chi connectivity index (χ0v) is 14.0. The lowest BCUT2D eigenvalue weighted by atomic mass is 10.2. The fourth-order valence-corrected chi connectivity index (χ4v) is 3.25. The van der Waals surface area contributed by atoms with Crippen LogP contribution in [0.5, 0.6) is 0 Å². The van der Waals surface area contributed by atoms with Gasteiger partial charge in [-0.3, -0.25) is 4.68 Å². The first-order valence-electron chi connectivity index (χ1n) is 8.49. The van der Waals surface area contributed by atoms with Crippen molar-refractivity contribution in [3.8, 4) is 0 Å². The lowest BCUT2D eigenvalue weighted by Crippen LogP contribution is -2.09. The van der Waals surface area contributed by atoms with Crippen LogP contribution in [0.1, 0.15) is 53.0 Å². The second kappa shape index (κ2) is 5.82. The molecule has 1 aromatic carbocycles. The molecule has 2 heterocycles. The topological polar surface area (TPSA) is 59.9 Å². The highest BCUT2D eigenvalue weighted by molar-refractivity contribution is 5.97. The molecule has 4 rings (SSSR count). The van der Waals surface area contributed by atoms with Crippen molar-refractivity contribution >= 4 is 17.0 Å². The standard InChI is InChI=1S/C19H21N3O2/c1-3-24-19(23)16-12(2)15-17(20-16)18(14-9-10-14)22(21-15)11-13-7-5-4-6-8-13/h4-8,14,20H,3,9-11H2,1-2H3. The normalized spacial score (nSPS) is 14.2. The van der Waals surface area contributed by atoms with Crippen LogP contribution in [0, 0.1) is 6.92 Å². The molecule has 0 saturated heterocycles. The minimum Gasteiger partial charge on any atom is -0.461 e. The number of ether oxygens (including phenoxy) is 1. The number of hydrogen-bond acceptors (Lipinski definition) is 3. The summed E-state index contributed by atoms with van der Waals surface area (Å²) in [5.74, 6) is 0.233. The van der Waals surface area contributed by atoms with Crippen molar-refractivity contribution in [1.29, 1.82) is 0 Å². The lowest BCUT2D eigenvalue weighted by Gasteiger charge is -2.07. The van der Waals surface area contributed by atoms with Gasteiger partial charge < -0.3 is 9.72 Å². The summed E-state index contributed by atoms with van der Waals surface area (Å²) in [5, 5.41) is 4.81. The molecule has 0 atom stereocenters. The highest BCUT2D eigenvalue weighted by Crippen LogP contribution is 2.43. The van der Waals surface area contributed by atoms with E-state index in [9.17, 15) is 4.79 Å². The molecule has 5 nitrogen and oxygen atoms in total. The highest BCUT2D eigenvalue weighted by Gasteiger charge is 2.32. The van der Waals surface area contributed by atoms with Gasteiger partial charge >= 0.3 is 5.97 Å². The molecular formula is C19H21N3O2. The van der Waals surface area contributed by atoms with Gasteiger partial charge in [0.1, 0.15) is 11.2 Å². The lowest BCUT2D eigenvalue weighted by molar-refractivity contribution is 0.0519. The maximum absolute atomic E-state index is 12.1. The van der Waals surface area contributed by atoms with Gasteiger partial charge in [0.2, 0.25) is 0 Å². The highest BCUT2D eigenvalue weighted by atomic mass is 16.5. The number of fused-ring (bicyclic) bond motifs is 1. The first kappa shape index (κ1) is 15.0. The maximum atomic E-state index is 12.1. The Bertz CT molecular complexity index is 888. The Hall–Kier alpha value is -2.56. The van der Waals surface area contributed by atoms with Crippen molar-refractivity contribution in [2.24, 2.45) is 0 Å². The van der Waals surface area contributed by atoms with Crippen LogP contribution in [0.25, 0.3) is 11.0 Å². The van der Waals surface area contributed by atoms with Crippen LogP contribution >= 0.6 is 0 Å². The summed E-state index contributed by atoms with van der Waals surface area (Å²) < 4.78 is 7.24. The molecule has 1 saturated carbocycles. The van der Waals surface area contributed by atoms with E-state index < -0.39 is 0 Å². The van der Waals surface area contributed by atoms with E-state index in [4.69, 9.17) is 9.84 Å². The fraction of sp³-hybridized carbons (Fsp3) is 0.368. The van der Waals surface area contributed by atoms with Gasteiger partial charge in [-0.05, 0) is 32.3 Å². The number of H-pyrrole nitrogens is 1. The second-order valence-electron chi connectivity index (χ2n) is 6.37. The Balaban J connectivity index is 1.78. The number of aryl methyl sites for hydroxylation is 1. The molecule has 3 aromatic rings. The number of aromatic amines is 1. The quantitative estimate of drug-likeness (QED) is 0.727. The van der Waals surface area contributed by atoms with Crippen LogP contribution in [-0.4, -0.2) is 27.3 Å². The molecule has 24 heavy (non-hydrogen) atoms. The van der Waals surface area contributed by atoms with Crippen molar-refractivity contribution in [3.63, 3.8) is 0 Å². The van der Waals surface area contributed by atoms with Crippen molar-refractivity contribution in [1.82, 2.24) is 14.8 Å². The van der Waals surface area contributed by atoms with Crippen LogP contribution in [0.15, 0.2) is 30.3 Å². The third kappa shape index (κ3) is 2.50. The molecule has 0 radical (unpaired) electrons. The summed E-state index contributed by atoms with van der Waals surface area (Å²) >= 11 is 0. The molecule has 0 amide bonds. The maximum Gasteiger partial charge on any atom is 0.355 e. The molecular weight excluding hydrogens is 302 g/mol. The largest absolute Gasteiger partial charge is 0.461 e. The molecule has 0 aliphatic heterocycles. The number of benzene rings is 1. The van der Waals surface area contributed by atoms with E-state index in [1.807, 2.05) is 32.0 Å². The van der Waals surface area contributed by atoms with Gasteiger partial charge in [-0.2, -0.15) is 5.10 Å². The van der Waals surface area contributed by atoms with Crippen molar-refractivity contribution in [2.75, 3.05) is 6.61 Å².